The molecule has 0 fully saturated rings. The van der Waals surface area contributed by atoms with Crippen LogP contribution >= 0.6 is 15.9 Å². The molecule has 3 nitrogen and oxygen atoms in total. The standard InChI is InChI=1S/C12H16BrNO2/c1-9(4-3-7-15)14-12(16)10-5-2-6-11(13)8-10/h2,5-6,8-9,15H,3-4,7H2,1H3,(H,14,16). The first-order chi connectivity index (χ1) is 7.63. The zero-order chi connectivity index (χ0) is 12.0. The van der Waals surface area contributed by atoms with E-state index in [0.717, 1.165) is 10.9 Å². The molecule has 1 unspecified atom stereocenters. The highest BCUT2D eigenvalue weighted by molar-refractivity contribution is 9.10. The van der Waals surface area contributed by atoms with Gasteiger partial charge >= 0.3 is 0 Å². The van der Waals surface area contributed by atoms with Gasteiger partial charge in [-0.1, -0.05) is 22.0 Å². The van der Waals surface area contributed by atoms with Crippen molar-refractivity contribution in [3.05, 3.63) is 34.3 Å². The maximum absolute atomic E-state index is 11.8. The van der Waals surface area contributed by atoms with Gasteiger partial charge in [0.05, 0.1) is 0 Å². The summed E-state index contributed by atoms with van der Waals surface area (Å²) in [6, 6.07) is 7.36. The van der Waals surface area contributed by atoms with Crippen LogP contribution in [0.2, 0.25) is 0 Å². The summed E-state index contributed by atoms with van der Waals surface area (Å²) in [6.07, 6.45) is 1.50. The number of rotatable bonds is 5. The molecule has 0 aromatic heterocycles. The molecular formula is C12H16BrNO2. The van der Waals surface area contributed by atoms with Gasteiger partial charge in [0.2, 0.25) is 0 Å². The number of aliphatic hydroxyl groups is 1. The number of halogens is 1. The maximum Gasteiger partial charge on any atom is 0.251 e. The van der Waals surface area contributed by atoms with Gasteiger partial charge in [0.1, 0.15) is 0 Å². The molecule has 0 saturated heterocycles. The number of carbonyl (C=O) groups excluding carboxylic acids is 1. The zero-order valence-electron chi connectivity index (χ0n) is 9.24. The fourth-order valence-corrected chi connectivity index (χ4v) is 1.81. The lowest BCUT2D eigenvalue weighted by molar-refractivity contribution is 0.0936. The Hall–Kier alpha value is -0.870. The largest absolute Gasteiger partial charge is 0.396 e. The van der Waals surface area contributed by atoms with Crippen LogP contribution in [0.5, 0.6) is 0 Å². The predicted molar refractivity (Wildman–Crippen MR) is 67.4 cm³/mol. The van der Waals surface area contributed by atoms with Crippen molar-refractivity contribution in [3.63, 3.8) is 0 Å². The Balaban J connectivity index is 2.52. The SMILES string of the molecule is CC(CCCO)NC(=O)c1cccc(Br)c1. The second kappa shape index (κ2) is 6.66. The van der Waals surface area contributed by atoms with Crippen molar-refractivity contribution in [3.8, 4) is 0 Å². The van der Waals surface area contributed by atoms with Crippen molar-refractivity contribution in [1.82, 2.24) is 5.32 Å². The first-order valence-corrected chi connectivity index (χ1v) is 6.10. The molecule has 0 spiro atoms. The first kappa shape index (κ1) is 13.2. The molecule has 0 radical (unpaired) electrons. The molecule has 0 aliphatic rings. The first-order valence-electron chi connectivity index (χ1n) is 5.30. The quantitative estimate of drug-likeness (QED) is 0.873. The summed E-state index contributed by atoms with van der Waals surface area (Å²) >= 11 is 3.33. The topological polar surface area (TPSA) is 49.3 Å². The van der Waals surface area contributed by atoms with E-state index in [4.69, 9.17) is 5.11 Å². The average molecular weight is 286 g/mol. The van der Waals surface area contributed by atoms with E-state index >= 15 is 0 Å². The number of nitrogens with one attached hydrogen (secondary N) is 1. The third-order valence-corrected chi connectivity index (χ3v) is 2.75. The summed E-state index contributed by atoms with van der Waals surface area (Å²) in [7, 11) is 0. The minimum absolute atomic E-state index is 0.0771. The molecular weight excluding hydrogens is 270 g/mol. The van der Waals surface area contributed by atoms with Gasteiger partial charge in [0.15, 0.2) is 0 Å². The van der Waals surface area contributed by atoms with Crippen LogP contribution in [-0.4, -0.2) is 23.7 Å². The lowest BCUT2D eigenvalue weighted by atomic mass is 10.1. The highest BCUT2D eigenvalue weighted by atomic mass is 79.9. The Kier molecular flexibility index (Phi) is 5.49. The molecule has 0 saturated carbocycles. The number of carbonyl (C=O) groups is 1. The Morgan fingerprint density at radius 1 is 1.56 bits per heavy atom. The summed E-state index contributed by atoms with van der Waals surface area (Å²) in [4.78, 5) is 11.8. The van der Waals surface area contributed by atoms with Crippen LogP contribution in [0.3, 0.4) is 0 Å². The summed E-state index contributed by atoms with van der Waals surface area (Å²) in [5.41, 5.74) is 0.644. The molecule has 88 valence electrons. The molecule has 2 N–H and O–H groups in total. The van der Waals surface area contributed by atoms with Crippen molar-refractivity contribution in [2.45, 2.75) is 25.8 Å². The van der Waals surface area contributed by atoms with Crippen molar-refractivity contribution >= 4 is 21.8 Å². The van der Waals surface area contributed by atoms with E-state index in [1.807, 2.05) is 19.1 Å². The molecule has 1 atom stereocenters. The Bertz CT molecular complexity index is 355. The van der Waals surface area contributed by atoms with Crippen LogP contribution in [0.15, 0.2) is 28.7 Å². The van der Waals surface area contributed by atoms with Crippen molar-refractivity contribution in [1.29, 1.82) is 0 Å². The summed E-state index contributed by atoms with van der Waals surface area (Å²) in [6.45, 7) is 2.10. The fourth-order valence-electron chi connectivity index (χ4n) is 1.41. The monoisotopic (exact) mass is 285 g/mol. The van der Waals surface area contributed by atoms with E-state index in [0.29, 0.717) is 12.0 Å². The molecule has 4 heteroatoms. The van der Waals surface area contributed by atoms with Crippen LogP contribution in [0.25, 0.3) is 0 Å². The van der Waals surface area contributed by atoms with E-state index < -0.39 is 0 Å². The molecule has 0 heterocycles. The Morgan fingerprint density at radius 3 is 2.94 bits per heavy atom. The Morgan fingerprint density at radius 2 is 2.31 bits per heavy atom. The number of aliphatic hydroxyl groups excluding tert-OH is 1. The number of hydrogen-bond donors (Lipinski definition) is 2. The van der Waals surface area contributed by atoms with Gasteiger partial charge in [-0.05, 0) is 38.0 Å². The molecule has 0 aliphatic carbocycles. The average Bonchev–Trinajstić information content (AvgIpc) is 2.26. The van der Waals surface area contributed by atoms with Gasteiger partial charge in [0, 0.05) is 22.7 Å². The van der Waals surface area contributed by atoms with Crippen LogP contribution in [0.1, 0.15) is 30.1 Å². The zero-order valence-corrected chi connectivity index (χ0v) is 10.8. The Labute approximate surface area is 104 Å². The van der Waals surface area contributed by atoms with Crippen molar-refractivity contribution in [2.24, 2.45) is 0 Å². The fraction of sp³-hybridized carbons (Fsp3) is 0.417. The number of amides is 1. The van der Waals surface area contributed by atoms with Crippen LogP contribution in [0.4, 0.5) is 0 Å². The van der Waals surface area contributed by atoms with Gasteiger partial charge in [0.25, 0.3) is 5.91 Å². The third-order valence-electron chi connectivity index (χ3n) is 2.26. The molecule has 1 aromatic carbocycles. The molecule has 16 heavy (non-hydrogen) atoms. The van der Waals surface area contributed by atoms with Crippen molar-refractivity contribution < 1.29 is 9.90 Å². The molecule has 0 bridgehead atoms. The van der Waals surface area contributed by atoms with Crippen molar-refractivity contribution in [2.75, 3.05) is 6.61 Å². The second-order valence-corrected chi connectivity index (χ2v) is 4.67. The lowest BCUT2D eigenvalue weighted by Crippen LogP contribution is -2.32. The van der Waals surface area contributed by atoms with Gasteiger partial charge < -0.3 is 10.4 Å². The molecule has 1 rings (SSSR count). The highest BCUT2D eigenvalue weighted by Crippen LogP contribution is 2.11. The van der Waals surface area contributed by atoms with E-state index in [2.05, 4.69) is 21.2 Å². The highest BCUT2D eigenvalue weighted by Gasteiger charge is 2.09. The number of hydrogen-bond acceptors (Lipinski definition) is 2. The third kappa shape index (κ3) is 4.33. The van der Waals surface area contributed by atoms with Gasteiger partial charge in [-0.3, -0.25) is 4.79 Å². The summed E-state index contributed by atoms with van der Waals surface area (Å²) in [5.74, 6) is -0.0771. The summed E-state index contributed by atoms with van der Waals surface area (Å²) < 4.78 is 0.892. The second-order valence-electron chi connectivity index (χ2n) is 3.75. The minimum atomic E-state index is -0.0771. The van der Waals surface area contributed by atoms with Crippen LogP contribution in [-0.2, 0) is 0 Å². The minimum Gasteiger partial charge on any atom is -0.396 e. The van der Waals surface area contributed by atoms with Gasteiger partial charge in [-0.25, -0.2) is 0 Å². The normalized spacial score (nSPS) is 12.2. The molecule has 1 amide bonds. The maximum atomic E-state index is 11.8. The molecule has 1 aromatic rings. The van der Waals surface area contributed by atoms with Gasteiger partial charge in [-0.15, -0.1) is 0 Å². The summed E-state index contributed by atoms with van der Waals surface area (Å²) in [5, 5.41) is 11.6. The van der Waals surface area contributed by atoms with E-state index in [1.165, 1.54) is 0 Å². The van der Waals surface area contributed by atoms with E-state index in [-0.39, 0.29) is 18.6 Å². The van der Waals surface area contributed by atoms with Crippen LogP contribution in [0, 0.1) is 0 Å². The number of benzene rings is 1. The predicted octanol–water partition coefficient (Wildman–Crippen LogP) is 2.34. The van der Waals surface area contributed by atoms with Gasteiger partial charge in [-0.2, -0.15) is 0 Å². The smallest absolute Gasteiger partial charge is 0.251 e. The van der Waals surface area contributed by atoms with E-state index in [9.17, 15) is 4.79 Å². The van der Waals surface area contributed by atoms with E-state index in [1.54, 1.807) is 12.1 Å². The van der Waals surface area contributed by atoms with Crippen LogP contribution < -0.4 is 5.32 Å². The lowest BCUT2D eigenvalue weighted by Gasteiger charge is -2.13. The molecule has 0 aliphatic heterocycles.